The second-order valence-electron chi connectivity index (χ2n) is 4.26. The van der Waals surface area contributed by atoms with Crippen LogP contribution in [0.3, 0.4) is 0 Å². The molecule has 1 fully saturated rings. The molecule has 1 saturated carbocycles. The Hall–Kier alpha value is -1.16. The van der Waals surface area contributed by atoms with Gasteiger partial charge in [0.1, 0.15) is 5.75 Å². The first-order valence-electron chi connectivity index (χ1n) is 5.32. The lowest BCUT2D eigenvalue weighted by Crippen LogP contribution is -2.44. The van der Waals surface area contributed by atoms with Crippen molar-refractivity contribution in [3.8, 4) is 5.75 Å². The van der Waals surface area contributed by atoms with Crippen LogP contribution < -0.4 is 10.5 Å². The van der Waals surface area contributed by atoms with Crippen molar-refractivity contribution in [2.75, 3.05) is 7.11 Å². The van der Waals surface area contributed by atoms with E-state index in [9.17, 15) is 8.78 Å². The van der Waals surface area contributed by atoms with Crippen molar-refractivity contribution in [1.82, 2.24) is 0 Å². The lowest BCUT2D eigenvalue weighted by molar-refractivity contribution is 0.143. The van der Waals surface area contributed by atoms with Gasteiger partial charge in [0.05, 0.1) is 7.11 Å². The summed E-state index contributed by atoms with van der Waals surface area (Å²) in [6.07, 6.45) is 0.0396. The second-order valence-corrected chi connectivity index (χ2v) is 4.26. The van der Waals surface area contributed by atoms with E-state index in [1.165, 1.54) is 13.2 Å². The predicted octanol–water partition coefficient (Wildman–Crippen LogP) is 2.97. The maximum absolute atomic E-state index is 12.9. The molecule has 0 aliphatic heterocycles. The fourth-order valence-electron chi connectivity index (χ4n) is 2.11. The molecular weight excluding hydrogens is 212 g/mol. The lowest BCUT2D eigenvalue weighted by atomic mass is 9.71. The highest BCUT2D eigenvalue weighted by Crippen LogP contribution is 2.43. The molecule has 0 heterocycles. The lowest BCUT2D eigenvalue weighted by Gasteiger charge is -2.40. The fourth-order valence-corrected chi connectivity index (χ4v) is 2.11. The third kappa shape index (κ3) is 1.78. The summed E-state index contributed by atoms with van der Waals surface area (Å²) in [5, 5.41) is 0. The Kier molecular flexibility index (Phi) is 2.84. The molecule has 0 atom stereocenters. The largest absolute Gasteiger partial charge is 0.497 e. The topological polar surface area (TPSA) is 35.2 Å². The smallest absolute Gasteiger partial charge is 0.264 e. The van der Waals surface area contributed by atoms with Crippen molar-refractivity contribution in [3.63, 3.8) is 0 Å². The van der Waals surface area contributed by atoms with Crippen LogP contribution in [-0.4, -0.2) is 7.11 Å². The number of hydrogen-bond acceptors (Lipinski definition) is 2. The highest BCUT2D eigenvalue weighted by molar-refractivity contribution is 5.41. The summed E-state index contributed by atoms with van der Waals surface area (Å²) in [5.41, 5.74) is 6.08. The molecule has 0 amide bonds. The molecule has 0 bridgehead atoms. The second kappa shape index (κ2) is 4.01. The van der Waals surface area contributed by atoms with Crippen LogP contribution in [0.4, 0.5) is 8.78 Å². The van der Waals surface area contributed by atoms with Gasteiger partial charge in [-0.15, -0.1) is 0 Å². The van der Waals surface area contributed by atoms with Crippen molar-refractivity contribution in [1.29, 1.82) is 0 Å². The van der Waals surface area contributed by atoms with Gasteiger partial charge in [0.2, 0.25) is 0 Å². The summed E-state index contributed by atoms with van der Waals surface area (Å²) in [6, 6.07) is 4.60. The van der Waals surface area contributed by atoms with E-state index in [0.29, 0.717) is 11.3 Å². The number of halogens is 2. The van der Waals surface area contributed by atoms with Crippen LogP contribution in [0.5, 0.6) is 5.75 Å². The molecule has 1 aliphatic rings. The first-order chi connectivity index (χ1) is 7.57. The Bertz CT molecular complexity index is 389. The van der Waals surface area contributed by atoms with Crippen LogP contribution >= 0.6 is 0 Å². The number of hydrogen-bond donors (Lipinski definition) is 1. The predicted molar refractivity (Wildman–Crippen MR) is 57.7 cm³/mol. The third-order valence-corrected chi connectivity index (χ3v) is 3.28. The molecule has 2 rings (SSSR count). The van der Waals surface area contributed by atoms with Crippen LogP contribution in [0.15, 0.2) is 18.2 Å². The van der Waals surface area contributed by atoms with Crippen molar-refractivity contribution in [2.24, 2.45) is 5.73 Å². The van der Waals surface area contributed by atoms with Gasteiger partial charge in [-0.25, -0.2) is 8.78 Å². The first kappa shape index (κ1) is 11.3. The quantitative estimate of drug-likeness (QED) is 0.861. The van der Waals surface area contributed by atoms with Crippen molar-refractivity contribution in [3.05, 3.63) is 29.3 Å². The monoisotopic (exact) mass is 227 g/mol. The molecule has 2 nitrogen and oxygen atoms in total. The molecule has 88 valence electrons. The SMILES string of the molecule is COc1ccc(C(F)F)c(C2(N)CCC2)c1. The van der Waals surface area contributed by atoms with E-state index in [1.807, 2.05) is 0 Å². The molecular formula is C12H15F2NO. The van der Waals surface area contributed by atoms with Gasteiger partial charge in [-0.05, 0) is 43.0 Å². The standard InChI is InChI=1S/C12H15F2NO/c1-16-8-3-4-9(11(13)14)10(7-8)12(15)5-2-6-12/h3-4,7,11H,2,5-6,15H2,1H3. The van der Waals surface area contributed by atoms with Gasteiger partial charge < -0.3 is 10.5 Å². The summed E-state index contributed by atoms with van der Waals surface area (Å²) in [5.74, 6) is 0.580. The molecule has 0 radical (unpaired) electrons. The molecule has 4 heteroatoms. The van der Waals surface area contributed by atoms with E-state index in [0.717, 1.165) is 19.3 Å². The molecule has 1 aliphatic carbocycles. The highest BCUT2D eigenvalue weighted by atomic mass is 19.3. The molecule has 2 N–H and O–H groups in total. The number of benzene rings is 1. The van der Waals surface area contributed by atoms with E-state index in [2.05, 4.69) is 0 Å². The molecule has 0 unspecified atom stereocenters. The Labute approximate surface area is 93.4 Å². The maximum atomic E-state index is 12.9. The first-order valence-corrected chi connectivity index (χ1v) is 5.32. The van der Waals surface area contributed by atoms with E-state index in [1.54, 1.807) is 12.1 Å². The maximum Gasteiger partial charge on any atom is 0.264 e. The molecule has 0 aromatic heterocycles. The number of ether oxygens (including phenoxy) is 1. The van der Waals surface area contributed by atoms with E-state index in [-0.39, 0.29) is 5.56 Å². The normalized spacial score (nSPS) is 18.3. The van der Waals surface area contributed by atoms with Crippen molar-refractivity contribution in [2.45, 2.75) is 31.2 Å². The molecule has 1 aromatic carbocycles. The zero-order chi connectivity index (χ0) is 11.8. The number of methoxy groups -OCH3 is 1. The Morgan fingerprint density at radius 2 is 2.06 bits per heavy atom. The molecule has 0 spiro atoms. The summed E-state index contributed by atoms with van der Waals surface area (Å²) in [4.78, 5) is 0. The van der Waals surface area contributed by atoms with Gasteiger partial charge in [0.25, 0.3) is 6.43 Å². The van der Waals surface area contributed by atoms with Gasteiger partial charge >= 0.3 is 0 Å². The average molecular weight is 227 g/mol. The van der Waals surface area contributed by atoms with Crippen LogP contribution in [-0.2, 0) is 5.54 Å². The summed E-state index contributed by atoms with van der Waals surface area (Å²) in [6.45, 7) is 0. The van der Waals surface area contributed by atoms with Gasteiger partial charge in [0, 0.05) is 11.1 Å². The van der Waals surface area contributed by atoms with Crippen LogP contribution in [0.25, 0.3) is 0 Å². The van der Waals surface area contributed by atoms with Crippen LogP contribution in [0.2, 0.25) is 0 Å². The molecule has 0 saturated heterocycles. The van der Waals surface area contributed by atoms with E-state index in [4.69, 9.17) is 10.5 Å². The number of nitrogens with two attached hydrogens (primary N) is 1. The van der Waals surface area contributed by atoms with E-state index < -0.39 is 12.0 Å². The zero-order valence-corrected chi connectivity index (χ0v) is 9.17. The number of rotatable bonds is 3. The summed E-state index contributed by atoms with van der Waals surface area (Å²) in [7, 11) is 1.52. The fraction of sp³-hybridized carbons (Fsp3) is 0.500. The van der Waals surface area contributed by atoms with Gasteiger partial charge in [-0.3, -0.25) is 0 Å². The average Bonchev–Trinajstić information content (AvgIpc) is 2.24. The van der Waals surface area contributed by atoms with Crippen molar-refractivity contribution < 1.29 is 13.5 Å². The minimum atomic E-state index is -2.48. The number of alkyl halides is 2. The summed E-state index contributed by atoms with van der Waals surface area (Å²) < 4.78 is 30.8. The summed E-state index contributed by atoms with van der Waals surface area (Å²) >= 11 is 0. The Morgan fingerprint density at radius 3 is 2.50 bits per heavy atom. The molecule has 1 aromatic rings. The van der Waals surface area contributed by atoms with Crippen LogP contribution in [0.1, 0.15) is 36.8 Å². The minimum Gasteiger partial charge on any atom is -0.497 e. The van der Waals surface area contributed by atoms with Gasteiger partial charge in [0.15, 0.2) is 0 Å². The third-order valence-electron chi connectivity index (χ3n) is 3.28. The highest BCUT2D eigenvalue weighted by Gasteiger charge is 2.37. The van der Waals surface area contributed by atoms with Gasteiger partial charge in [-0.1, -0.05) is 0 Å². The van der Waals surface area contributed by atoms with Gasteiger partial charge in [-0.2, -0.15) is 0 Å². The van der Waals surface area contributed by atoms with Crippen LogP contribution in [0, 0.1) is 0 Å². The van der Waals surface area contributed by atoms with Crippen molar-refractivity contribution >= 4 is 0 Å². The zero-order valence-electron chi connectivity index (χ0n) is 9.17. The molecule has 16 heavy (non-hydrogen) atoms. The Balaban J connectivity index is 2.46. The van der Waals surface area contributed by atoms with E-state index >= 15 is 0 Å². The minimum absolute atomic E-state index is 0.0306. The Morgan fingerprint density at radius 1 is 1.38 bits per heavy atom.